The van der Waals surface area contributed by atoms with Gasteiger partial charge in [-0.05, 0) is 44.0 Å². The Balaban J connectivity index is 1.88. The number of hydrogen-bond acceptors (Lipinski definition) is 4. The number of nitrogens with zero attached hydrogens (tertiary/aromatic N) is 1. The highest BCUT2D eigenvalue weighted by atomic mass is 16.5. The molecule has 1 N–H and O–H groups in total. The largest absolute Gasteiger partial charge is 0.452 e. The molecule has 1 aliphatic heterocycles. The first kappa shape index (κ1) is 17.0. The minimum atomic E-state index is -0.552. The summed E-state index contributed by atoms with van der Waals surface area (Å²) in [6.45, 7) is 4.26. The molecule has 1 fully saturated rings. The van der Waals surface area contributed by atoms with Gasteiger partial charge in [-0.25, -0.2) is 4.79 Å². The molecule has 1 heterocycles. The van der Waals surface area contributed by atoms with Gasteiger partial charge in [0.05, 0.1) is 5.56 Å². The zero-order valence-electron chi connectivity index (χ0n) is 13.5. The van der Waals surface area contributed by atoms with E-state index in [-0.39, 0.29) is 24.5 Å². The molecule has 2 amide bonds. The summed E-state index contributed by atoms with van der Waals surface area (Å²) < 4.78 is 4.99. The first-order chi connectivity index (χ1) is 11.0. The number of ether oxygens (including phenoxy) is 1. The standard InChI is InChI=1S/C17H22N2O4/c1-3-12(2)18-15(20)11-23-17(22)13-6-8-14(9-7-13)19-10-4-5-16(19)21/h6-9,12H,3-5,10-11H2,1-2H3,(H,18,20)/t12-/m0/s1. The molecule has 2 rings (SSSR count). The van der Waals surface area contributed by atoms with Crippen LogP contribution in [0.3, 0.4) is 0 Å². The van der Waals surface area contributed by atoms with E-state index in [9.17, 15) is 14.4 Å². The highest BCUT2D eigenvalue weighted by Gasteiger charge is 2.21. The predicted molar refractivity (Wildman–Crippen MR) is 86.2 cm³/mol. The summed E-state index contributed by atoms with van der Waals surface area (Å²) in [6, 6.07) is 6.71. The number of esters is 1. The quantitative estimate of drug-likeness (QED) is 0.813. The number of carbonyl (C=O) groups excluding carboxylic acids is 3. The van der Waals surface area contributed by atoms with Gasteiger partial charge in [-0.15, -0.1) is 0 Å². The lowest BCUT2D eigenvalue weighted by atomic mass is 10.2. The number of carbonyl (C=O) groups is 3. The Kier molecular flexibility index (Phi) is 5.73. The van der Waals surface area contributed by atoms with E-state index in [4.69, 9.17) is 4.74 Å². The van der Waals surface area contributed by atoms with Crippen LogP contribution >= 0.6 is 0 Å². The number of hydrogen-bond donors (Lipinski definition) is 1. The van der Waals surface area contributed by atoms with Gasteiger partial charge in [-0.3, -0.25) is 9.59 Å². The maximum atomic E-state index is 11.9. The second kappa shape index (κ2) is 7.76. The molecule has 124 valence electrons. The Labute approximate surface area is 135 Å². The lowest BCUT2D eigenvalue weighted by Gasteiger charge is -2.15. The van der Waals surface area contributed by atoms with Crippen LogP contribution in [0.25, 0.3) is 0 Å². The first-order valence-electron chi connectivity index (χ1n) is 7.88. The topological polar surface area (TPSA) is 75.7 Å². The monoisotopic (exact) mass is 318 g/mol. The molecular formula is C17H22N2O4. The number of benzene rings is 1. The average molecular weight is 318 g/mol. The second-order valence-electron chi connectivity index (χ2n) is 5.65. The minimum absolute atomic E-state index is 0.0542. The maximum Gasteiger partial charge on any atom is 0.338 e. The van der Waals surface area contributed by atoms with Gasteiger partial charge in [0.15, 0.2) is 6.61 Å². The summed E-state index contributed by atoms with van der Waals surface area (Å²) in [5.41, 5.74) is 1.13. The molecule has 0 unspecified atom stereocenters. The van der Waals surface area contributed by atoms with Crippen molar-refractivity contribution in [3.05, 3.63) is 29.8 Å². The van der Waals surface area contributed by atoms with E-state index in [1.807, 2.05) is 13.8 Å². The Hall–Kier alpha value is -2.37. The third kappa shape index (κ3) is 4.55. The predicted octanol–water partition coefficient (Wildman–Crippen LogP) is 1.88. The molecule has 1 saturated heterocycles. The van der Waals surface area contributed by atoms with Crippen LogP contribution in [0.5, 0.6) is 0 Å². The van der Waals surface area contributed by atoms with Crippen LogP contribution in [0.1, 0.15) is 43.5 Å². The third-order valence-corrected chi connectivity index (χ3v) is 3.84. The van der Waals surface area contributed by atoms with E-state index in [0.29, 0.717) is 18.5 Å². The van der Waals surface area contributed by atoms with Crippen molar-refractivity contribution in [3.8, 4) is 0 Å². The molecule has 0 spiro atoms. The molecule has 0 saturated carbocycles. The fourth-order valence-corrected chi connectivity index (χ4v) is 2.33. The van der Waals surface area contributed by atoms with Gasteiger partial charge < -0.3 is 15.0 Å². The molecule has 1 aliphatic rings. The van der Waals surface area contributed by atoms with Crippen molar-refractivity contribution in [3.63, 3.8) is 0 Å². The van der Waals surface area contributed by atoms with Crippen molar-refractivity contribution < 1.29 is 19.1 Å². The molecule has 0 aromatic heterocycles. The highest BCUT2D eigenvalue weighted by molar-refractivity contribution is 5.96. The highest BCUT2D eigenvalue weighted by Crippen LogP contribution is 2.21. The normalized spacial score (nSPS) is 15.4. The lowest BCUT2D eigenvalue weighted by Crippen LogP contribution is -2.35. The maximum absolute atomic E-state index is 11.9. The van der Waals surface area contributed by atoms with Gasteiger partial charge in [-0.2, -0.15) is 0 Å². The summed E-state index contributed by atoms with van der Waals surface area (Å²) in [6.07, 6.45) is 2.24. The lowest BCUT2D eigenvalue weighted by molar-refractivity contribution is -0.124. The van der Waals surface area contributed by atoms with Crippen molar-refractivity contribution in [2.75, 3.05) is 18.1 Å². The van der Waals surface area contributed by atoms with Crippen LogP contribution in [0.2, 0.25) is 0 Å². The Morgan fingerprint density at radius 2 is 2.00 bits per heavy atom. The van der Waals surface area contributed by atoms with Crippen LogP contribution in [-0.2, 0) is 14.3 Å². The van der Waals surface area contributed by atoms with E-state index in [0.717, 1.165) is 18.5 Å². The molecule has 23 heavy (non-hydrogen) atoms. The molecule has 0 aliphatic carbocycles. The first-order valence-corrected chi connectivity index (χ1v) is 7.88. The molecule has 1 aromatic carbocycles. The van der Waals surface area contributed by atoms with E-state index in [1.165, 1.54) is 0 Å². The minimum Gasteiger partial charge on any atom is -0.452 e. The van der Waals surface area contributed by atoms with Gasteiger partial charge in [0.2, 0.25) is 5.91 Å². The van der Waals surface area contributed by atoms with Crippen LogP contribution < -0.4 is 10.2 Å². The van der Waals surface area contributed by atoms with Crippen molar-refractivity contribution in [1.29, 1.82) is 0 Å². The Morgan fingerprint density at radius 1 is 1.30 bits per heavy atom. The van der Waals surface area contributed by atoms with Crippen molar-refractivity contribution in [1.82, 2.24) is 5.32 Å². The third-order valence-electron chi connectivity index (χ3n) is 3.84. The van der Waals surface area contributed by atoms with Gasteiger partial charge in [-0.1, -0.05) is 6.92 Å². The average Bonchev–Trinajstić information content (AvgIpc) is 2.98. The van der Waals surface area contributed by atoms with E-state index in [2.05, 4.69) is 5.32 Å². The summed E-state index contributed by atoms with van der Waals surface area (Å²) >= 11 is 0. The molecular weight excluding hydrogens is 296 g/mol. The Morgan fingerprint density at radius 3 is 2.57 bits per heavy atom. The van der Waals surface area contributed by atoms with Gasteiger partial charge in [0, 0.05) is 24.7 Å². The summed E-state index contributed by atoms with van der Waals surface area (Å²) in [5, 5.41) is 2.73. The van der Waals surface area contributed by atoms with Gasteiger partial charge in [0.25, 0.3) is 5.91 Å². The zero-order chi connectivity index (χ0) is 16.8. The Bertz CT molecular complexity index is 583. The molecule has 6 nitrogen and oxygen atoms in total. The second-order valence-corrected chi connectivity index (χ2v) is 5.65. The van der Waals surface area contributed by atoms with Crippen LogP contribution in [0.4, 0.5) is 5.69 Å². The van der Waals surface area contributed by atoms with E-state index >= 15 is 0 Å². The van der Waals surface area contributed by atoms with E-state index < -0.39 is 5.97 Å². The fourth-order valence-electron chi connectivity index (χ4n) is 2.33. The summed E-state index contributed by atoms with van der Waals surface area (Å²) in [5.74, 6) is -0.766. The fraction of sp³-hybridized carbons (Fsp3) is 0.471. The number of anilines is 1. The molecule has 6 heteroatoms. The molecule has 1 atom stereocenters. The van der Waals surface area contributed by atoms with Crippen LogP contribution in [0, 0.1) is 0 Å². The summed E-state index contributed by atoms with van der Waals surface area (Å²) in [7, 11) is 0. The van der Waals surface area contributed by atoms with Crippen LogP contribution in [-0.4, -0.2) is 37.0 Å². The van der Waals surface area contributed by atoms with E-state index in [1.54, 1.807) is 29.2 Å². The number of amides is 2. The van der Waals surface area contributed by atoms with Crippen LogP contribution in [0.15, 0.2) is 24.3 Å². The summed E-state index contributed by atoms with van der Waals surface area (Å²) in [4.78, 5) is 36.9. The zero-order valence-corrected chi connectivity index (χ0v) is 13.5. The van der Waals surface area contributed by atoms with Gasteiger partial charge >= 0.3 is 5.97 Å². The molecule has 1 aromatic rings. The number of rotatable bonds is 6. The van der Waals surface area contributed by atoms with Crippen molar-refractivity contribution in [2.45, 2.75) is 39.2 Å². The smallest absolute Gasteiger partial charge is 0.338 e. The SMILES string of the molecule is CC[C@H](C)NC(=O)COC(=O)c1ccc(N2CCCC2=O)cc1. The molecule has 0 radical (unpaired) electrons. The molecule has 0 bridgehead atoms. The van der Waals surface area contributed by atoms with Crippen molar-refractivity contribution in [2.24, 2.45) is 0 Å². The van der Waals surface area contributed by atoms with Gasteiger partial charge in [0.1, 0.15) is 0 Å². The number of nitrogens with one attached hydrogen (secondary N) is 1. The van der Waals surface area contributed by atoms with Crippen molar-refractivity contribution >= 4 is 23.5 Å².